The molecule has 0 aromatic heterocycles. The van der Waals surface area contributed by atoms with Crippen molar-refractivity contribution in [2.45, 2.75) is 44.9 Å². The van der Waals surface area contributed by atoms with E-state index in [9.17, 15) is 8.78 Å². The monoisotopic (exact) mass is 253 g/mol. The lowest BCUT2D eigenvalue weighted by Crippen LogP contribution is -2.53. The van der Waals surface area contributed by atoms with Gasteiger partial charge < -0.3 is 5.73 Å². The van der Waals surface area contributed by atoms with Crippen molar-refractivity contribution in [1.29, 1.82) is 0 Å². The summed E-state index contributed by atoms with van der Waals surface area (Å²) in [7, 11) is 0. The number of nitrogens with two attached hydrogens (primary N) is 1. The van der Waals surface area contributed by atoms with Crippen LogP contribution in [-0.2, 0) is 5.41 Å². The van der Waals surface area contributed by atoms with E-state index in [0.29, 0.717) is 12.0 Å². The Bertz CT molecular complexity index is 410. The maximum absolute atomic E-state index is 13.3. The number of benzene rings is 1. The van der Waals surface area contributed by atoms with Crippen molar-refractivity contribution in [2.24, 2.45) is 11.1 Å². The molecule has 0 aliphatic heterocycles. The van der Waals surface area contributed by atoms with Crippen LogP contribution in [0.3, 0.4) is 0 Å². The second-order valence-corrected chi connectivity index (χ2v) is 5.70. The maximum Gasteiger partial charge on any atom is 0.126 e. The minimum Gasteiger partial charge on any atom is -0.330 e. The molecule has 0 unspecified atom stereocenters. The molecule has 18 heavy (non-hydrogen) atoms. The smallest absolute Gasteiger partial charge is 0.126 e. The highest BCUT2D eigenvalue weighted by atomic mass is 19.1. The second-order valence-electron chi connectivity index (χ2n) is 5.70. The van der Waals surface area contributed by atoms with Gasteiger partial charge in [0.15, 0.2) is 0 Å². The van der Waals surface area contributed by atoms with Crippen LogP contribution in [0.4, 0.5) is 8.78 Å². The largest absolute Gasteiger partial charge is 0.330 e. The molecule has 1 nitrogen and oxygen atoms in total. The summed E-state index contributed by atoms with van der Waals surface area (Å²) in [6.45, 7) is 4.81. The van der Waals surface area contributed by atoms with Crippen LogP contribution in [0.15, 0.2) is 18.2 Å². The Labute approximate surface area is 107 Å². The summed E-state index contributed by atoms with van der Waals surface area (Å²) < 4.78 is 26.7. The molecule has 2 rings (SSSR count). The standard InChI is InChI=1S/C15H21F2N/c1-3-14(4-2)8-15(9-14,10-18)11-5-12(16)7-13(17)6-11/h5-7H,3-4,8-10,18H2,1-2H3. The van der Waals surface area contributed by atoms with Gasteiger partial charge in [0.1, 0.15) is 11.6 Å². The van der Waals surface area contributed by atoms with E-state index in [-0.39, 0.29) is 5.41 Å². The van der Waals surface area contributed by atoms with Crippen molar-refractivity contribution < 1.29 is 8.78 Å². The molecule has 3 heteroatoms. The predicted molar refractivity (Wildman–Crippen MR) is 69.3 cm³/mol. The summed E-state index contributed by atoms with van der Waals surface area (Å²) in [4.78, 5) is 0. The molecule has 0 amide bonds. The molecule has 0 saturated heterocycles. The fourth-order valence-corrected chi connectivity index (χ4v) is 3.46. The van der Waals surface area contributed by atoms with Gasteiger partial charge in [0.05, 0.1) is 0 Å². The molecule has 0 heterocycles. The van der Waals surface area contributed by atoms with Crippen molar-refractivity contribution in [2.75, 3.05) is 6.54 Å². The van der Waals surface area contributed by atoms with Crippen LogP contribution < -0.4 is 5.73 Å². The van der Waals surface area contributed by atoms with Crippen molar-refractivity contribution in [3.05, 3.63) is 35.4 Å². The normalized spacial score (nSPS) is 20.5. The van der Waals surface area contributed by atoms with E-state index in [2.05, 4.69) is 13.8 Å². The Morgan fingerprint density at radius 1 is 1.06 bits per heavy atom. The van der Waals surface area contributed by atoms with Crippen LogP contribution >= 0.6 is 0 Å². The average Bonchev–Trinajstić information content (AvgIpc) is 2.29. The Morgan fingerprint density at radius 2 is 1.56 bits per heavy atom. The van der Waals surface area contributed by atoms with E-state index < -0.39 is 11.6 Å². The van der Waals surface area contributed by atoms with Crippen LogP contribution in [0.1, 0.15) is 45.1 Å². The van der Waals surface area contributed by atoms with Crippen LogP contribution in [0.25, 0.3) is 0 Å². The summed E-state index contributed by atoms with van der Waals surface area (Å²) in [5.74, 6) is -1.02. The molecule has 0 radical (unpaired) electrons. The van der Waals surface area contributed by atoms with Gasteiger partial charge in [-0.15, -0.1) is 0 Å². The van der Waals surface area contributed by atoms with Crippen LogP contribution in [-0.4, -0.2) is 6.54 Å². The average molecular weight is 253 g/mol. The Balaban J connectivity index is 2.31. The molecule has 0 spiro atoms. The molecule has 1 aromatic carbocycles. The first-order chi connectivity index (χ1) is 8.49. The lowest BCUT2D eigenvalue weighted by molar-refractivity contribution is 0.0179. The first kappa shape index (κ1) is 13.5. The minimum atomic E-state index is -0.511. The maximum atomic E-state index is 13.3. The summed E-state index contributed by atoms with van der Waals surface area (Å²) in [5.41, 5.74) is 6.69. The number of halogens is 2. The molecule has 1 fully saturated rings. The molecule has 1 saturated carbocycles. The third-order valence-electron chi connectivity index (χ3n) is 4.79. The van der Waals surface area contributed by atoms with Gasteiger partial charge >= 0.3 is 0 Å². The summed E-state index contributed by atoms with van der Waals surface area (Å²) >= 11 is 0. The van der Waals surface area contributed by atoms with E-state index in [4.69, 9.17) is 5.73 Å². The molecule has 0 atom stereocenters. The molecule has 1 aromatic rings. The fourth-order valence-electron chi connectivity index (χ4n) is 3.46. The molecule has 1 aliphatic rings. The number of hydrogen-bond acceptors (Lipinski definition) is 1. The number of hydrogen-bond donors (Lipinski definition) is 1. The van der Waals surface area contributed by atoms with Crippen molar-refractivity contribution in [3.8, 4) is 0 Å². The SMILES string of the molecule is CCC1(CC)CC(CN)(c2cc(F)cc(F)c2)C1. The van der Waals surface area contributed by atoms with E-state index >= 15 is 0 Å². The minimum absolute atomic E-state index is 0.227. The third kappa shape index (κ3) is 2.05. The third-order valence-corrected chi connectivity index (χ3v) is 4.79. The van der Waals surface area contributed by atoms with Crippen LogP contribution in [0.2, 0.25) is 0 Å². The Hall–Kier alpha value is -0.960. The first-order valence-corrected chi connectivity index (χ1v) is 6.66. The number of rotatable bonds is 4. The van der Waals surface area contributed by atoms with Crippen molar-refractivity contribution in [3.63, 3.8) is 0 Å². The lowest BCUT2D eigenvalue weighted by Gasteiger charge is -2.56. The molecule has 2 N–H and O–H groups in total. The summed E-state index contributed by atoms with van der Waals surface area (Å²) in [6, 6.07) is 3.79. The highest BCUT2D eigenvalue weighted by molar-refractivity contribution is 5.32. The lowest BCUT2D eigenvalue weighted by atomic mass is 9.48. The zero-order valence-electron chi connectivity index (χ0n) is 11.1. The topological polar surface area (TPSA) is 26.0 Å². The highest BCUT2D eigenvalue weighted by Gasteiger charge is 2.52. The molecular formula is C15H21F2N. The van der Waals surface area contributed by atoms with E-state index in [1.165, 1.54) is 12.1 Å². The highest BCUT2D eigenvalue weighted by Crippen LogP contribution is 2.58. The van der Waals surface area contributed by atoms with Gasteiger partial charge in [-0.2, -0.15) is 0 Å². The Morgan fingerprint density at radius 3 is 1.94 bits per heavy atom. The van der Waals surface area contributed by atoms with Gasteiger partial charge in [-0.05, 0) is 36.0 Å². The predicted octanol–water partition coefficient (Wildman–Crippen LogP) is 3.76. The van der Waals surface area contributed by atoms with Gasteiger partial charge in [0.2, 0.25) is 0 Å². The quantitative estimate of drug-likeness (QED) is 0.868. The second kappa shape index (κ2) is 4.61. The van der Waals surface area contributed by atoms with Crippen molar-refractivity contribution >= 4 is 0 Å². The molecule has 100 valence electrons. The fraction of sp³-hybridized carbons (Fsp3) is 0.600. The van der Waals surface area contributed by atoms with Crippen LogP contribution in [0, 0.1) is 17.0 Å². The van der Waals surface area contributed by atoms with Gasteiger partial charge in [-0.25, -0.2) is 8.78 Å². The zero-order valence-corrected chi connectivity index (χ0v) is 11.1. The van der Waals surface area contributed by atoms with Gasteiger partial charge in [-0.1, -0.05) is 26.7 Å². The van der Waals surface area contributed by atoms with E-state index in [1.54, 1.807) is 0 Å². The summed E-state index contributed by atoms with van der Waals surface area (Å²) in [6.07, 6.45) is 4.07. The molecular weight excluding hydrogens is 232 g/mol. The zero-order chi connectivity index (χ0) is 13.4. The van der Waals surface area contributed by atoms with Gasteiger partial charge in [0, 0.05) is 18.0 Å². The van der Waals surface area contributed by atoms with E-state index in [1.807, 2.05) is 0 Å². The van der Waals surface area contributed by atoms with E-state index in [0.717, 1.165) is 37.3 Å². The molecule has 1 aliphatic carbocycles. The Kier molecular flexibility index (Phi) is 3.45. The summed E-state index contributed by atoms with van der Waals surface area (Å²) in [5, 5.41) is 0. The van der Waals surface area contributed by atoms with Gasteiger partial charge in [-0.3, -0.25) is 0 Å². The van der Waals surface area contributed by atoms with Crippen LogP contribution in [0.5, 0.6) is 0 Å². The molecule has 0 bridgehead atoms. The van der Waals surface area contributed by atoms with Crippen molar-refractivity contribution in [1.82, 2.24) is 0 Å². The van der Waals surface area contributed by atoms with Gasteiger partial charge in [0.25, 0.3) is 0 Å². The first-order valence-electron chi connectivity index (χ1n) is 6.66.